The third-order valence-corrected chi connectivity index (χ3v) is 3.31. The Hall–Kier alpha value is -2.34. The number of imidazole rings is 2. The highest BCUT2D eigenvalue weighted by Gasteiger charge is 2.14. The van der Waals surface area contributed by atoms with Crippen LogP contribution in [0.4, 0.5) is 0 Å². The third-order valence-electron chi connectivity index (χ3n) is 3.31. The molecule has 0 amide bonds. The fourth-order valence-electron chi connectivity index (χ4n) is 2.34. The molecule has 1 unspecified atom stereocenters. The van der Waals surface area contributed by atoms with E-state index in [0.29, 0.717) is 0 Å². The Labute approximate surface area is 109 Å². The molecule has 98 valence electrons. The minimum atomic E-state index is -0.367. The molecule has 3 N–H and O–H groups in total. The van der Waals surface area contributed by atoms with Crippen LogP contribution in [0.3, 0.4) is 0 Å². The summed E-state index contributed by atoms with van der Waals surface area (Å²) in [5.41, 5.74) is 9.37. The second-order valence-electron chi connectivity index (χ2n) is 4.62. The molecule has 6 heteroatoms. The number of aromatic nitrogens is 4. The molecule has 19 heavy (non-hydrogen) atoms. The van der Waals surface area contributed by atoms with Gasteiger partial charge in [-0.25, -0.2) is 9.78 Å². The summed E-state index contributed by atoms with van der Waals surface area (Å²) in [6.07, 6.45) is 3.01. The SMILES string of the molecule is CC(N)n1c(=O)n(C)c2ccc(-c3cnc[nH]3)cc21. The van der Waals surface area contributed by atoms with Crippen LogP contribution in [0, 0.1) is 0 Å². The lowest BCUT2D eigenvalue weighted by Gasteiger charge is -2.07. The number of hydrogen-bond donors (Lipinski definition) is 2. The summed E-state index contributed by atoms with van der Waals surface area (Å²) in [5.74, 6) is 0. The van der Waals surface area contributed by atoms with Gasteiger partial charge in [0.05, 0.1) is 35.4 Å². The lowest BCUT2D eigenvalue weighted by Crippen LogP contribution is -2.28. The molecule has 0 spiro atoms. The number of nitrogens with zero attached hydrogens (tertiary/aromatic N) is 3. The molecule has 1 aromatic carbocycles. The van der Waals surface area contributed by atoms with E-state index in [2.05, 4.69) is 9.97 Å². The zero-order chi connectivity index (χ0) is 13.6. The maximum Gasteiger partial charge on any atom is 0.330 e. The lowest BCUT2D eigenvalue weighted by molar-refractivity contribution is 0.557. The van der Waals surface area contributed by atoms with E-state index in [0.717, 1.165) is 22.3 Å². The minimum absolute atomic E-state index is 0.105. The Morgan fingerprint density at radius 2 is 2.16 bits per heavy atom. The molecule has 0 aliphatic carbocycles. The fourth-order valence-corrected chi connectivity index (χ4v) is 2.34. The summed E-state index contributed by atoms with van der Waals surface area (Å²) in [7, 11) is 1.75. The molecule has 0 radical (unpaired) electrons. The van der Waals surface area contributed by atoms with Gasteiger partial charge in [0.15, 0.2) is 0 Å². The van der Waals surface area contributed by atoms with Crippen molar-refractivity contribution in [3.63, 3.8) is 0 Å². The van der Waals surface area contributed by atoms with Gasteiger partial charge in [-0.05, 0) is 19.1 Å². The number of nitrogens with one attached hydrogen (secondary N) is 1. The van der Waals surface area contributed by atoms with Crippen molar-refractivity contribution in [3.05, 3.63) is 41.2 Å². The van der Waals surface area contributed by atoms with Gasteiger partial charge in [0.1, 0.15) is 0 Å². The third kappa shape index (κ3) is 1.68. The molecule has 0 aliphatic rings. The number of nitrogens with two attached hydrogens (primary N) is 1. The standard InChI is InChI=1S/C13H15N5O/c1-8(14)18-12-5-9(10-6-15-7-16-10)3-4-11(12)17(2)13(18)19/h3-8H,14H2,1-2H3,(H,15,16). The largest absolute Gasteiger partial charge is 0.345 e. The highest BCUT2D eigenvalue weighted by molar-refractivity contribution is 5.82. The second kappa shape index (κ2) is 4.10. The summed E-state index contributed by atoms with van der Waals surface area (Å²) in [6.45, 7) is 1.80. The molecule has 0 bridgehead atoms. The molecule has 0 saturated carbocycles. The van der Waals surface area contributed by atoms with Crippen LogP contribution in [0.25, 0.3) is 22.3 Å². The molecule has 3 rings (SSSR count). The maximum atomic E-state index is 12.2. The van der Waals surface area contributed by atoms with E-state index in [1.807, 2.05) is 18.2 Å². The normalized spacial score (nSPS) is 13.0. The van der Waals surface area contributed by atoms with Gasteiger partial charge in [-0.15, -0.1) is 0 Å². The molecule has 3 aromatic rings. The summed E-state index contributed by atoms with van der Waals surface area (Å²) in [6, 6.07) is 5.83. The van der Waals surface area contributed by atoms with Gasteiger partial charge in [0, 0.05) is 12.6 Å². The van der Waals surface area contributed by atoms with Crippen LogP contribution in [-0.4, -0.2) is 19.1 Å². The average molecular weight is 257 g/mol. The van der Waals surface area contributed by atoms with Crippen molar-refractivity contribution in [2.45, 2.75) is 13.1 Å². The molecule has 2 heterocycles. The number of aryl methyl sites for hydroxylation is 1. The first-order chi connectivity index (χ1) is 9.09. The fraction of sp³-hybridized carbons (Fsp3) is 0.231. The Balaban J connectivity index is 2.34. The van der Waals surface area contributed by atoms with Crippen molar-refractivity contribution in [3.8, 4) is 11.3 Å². The Morgan fingerprint density at radius 3 is 2.79 bits per heavy atom. The first-order valence-corrected chi connectivity index (χ1v) is 6.05. The van der Waals surface area contributed by atoms with Gasteiger partial charge >= 0.3 is 5.69 Å². The summed E-state index contributed by atoms with van der Waals surface area (Å²) in [4.78, 5) is 19.2. The minimum Gasteiger partial charge on any atom is -0.345 e. The quantitative estimate of drug-likeness (QED) is 0.724. The number of rotatable bonds is 2. The monoisotopic (exact) mass is 257 g/mol. The van der Waals surface area contributed by atoms with Gasteiger partial charge in [0.2, 0.25) is 0 Å². The van der Waals surface area contributed by atoms with Gasteiger partial charge < -0.3 is 10.7 Å². The summed E-state index contributed by atoms with van der Waals surface area (Å²) >= 11 is 0. The lowest BCUT2D eigenvalue weighted by atomic mass is 10.1. The van der Waals surface area contributed by atoms with Crippen LogP contribution in [0.15, 0.2) is 35.5 Å². The topological polar surface area (TPSA) is 81.6 Å². The number of H-pyrrole nitrogens is 1. The zero-order valence-electron chi connectivity index (χ0n) is 10.8. The van der Waals surface area contributed by atoms with Gasteiger partial charge in [-0.3, -0.25) is 9.13 Å². The number of benzene rings is 1. The maximum absolute atomic E-state index is 12.2. The number of hydrogen-bond acceptors (Lipinski definition) is 3. The number of fused-ring (bicyclic) bond motifs is 1. The van der Waals surface area contributed by atoms with E-state index in [-0.39, 0.29) is 11.9 Å². The van der Waals surface area contributed by atoms with E-state index in [4.69, 9.17) is 5.73 Å². The van der Waals surface area contributed by atoms with Crippen LogP contribution in [0.2, 0.25) is 0 Å². The van der Waals surface area contributed by atoms with E-state index >= 15 is 0 Å². The Morgan fingerprint density at radius 1 is 1.37 bits per heavy atom. The highest BCUT2D eigenvalue weighted by Crippen LogP contribution is 2.22. The Bertz CT molecular complexity index is 779. The van der Waals surface area contributed by atoms with Gasteiger partial charge in [-0.2, -0.15) is 0 Å². The molecular weight excluding hydrogens is 242 g/mol. The molecule has 2 aromatic heterocycles. The molecular formula is C13H15N5O. The number of aromatic amines is 1. The summed E-state index contributed by atoms with van der Waals surface area (Å²) < 4.78 is 3.20. The average Bonchev–Trinajstić information content (AvgIpc) is 2.98. The van der Waals surface area contributed by atoms with Crippen LogP contribution < -0.4 is 11.4 Å². The van der Waals surface area contributed by atoms with Gasteiger partial charge in [-0.1, -0.05) is 6.07 Å². The molecule has 1 atom stereocenters. The van der Waals surface area contributed by atoms with Crippen LogP contribution in [-0.2, 0) is 7.05 Å². The van der Waals surface area contributed by atoms with Crippen molar-refractivity contribution in [2.24, 2.45) is 12.8 Å². The predicted molar refractivity (Wildman–Crippen MR) is 73.7 cm³/mol. The van der Waals surface area contributed by atoms with Crippen molar-refractivity contribution in [1.82, 2.24) is 19.1 Å². The van der Waals surface area contributed by atoms with E-state index < -0.39 is 0 Å². The van der Waals surface area contributed by atoms with E-state index in [1.54, 1.807) is 35.6 Å². The summed E-state index contributed by atoms with van der Waals surface area (Å²) in [5, 5.41) is 0. The van der Waals surface area contributed by atoms with Crippen molar-refractivity contribution < 1.29 is 0 Å². The van der Waals surface area contributed by atoms with Crippen molar-refractivity contribution in [2.75, 3.05) is 0 Å². The first-order valence-electron chi connectivity index (χ1n) is 6.05. The van der Waals surface area contributed by atoms with Crippen molar-refractivity contribution >= 4 is 11.0 Å². The zero-order valence-corrected chi connectivity index (χ0v) is 10.8. The van der Waals surface area contributed by atoms with E-state index in [9.17, 15) is 4.79 Å². The Kier molecular flexibility index (Phi) is 2.53. The molecule has 0 saturated heterocycles. The van der Waals surface area contributed by atoms with Crippen LogP contribution >= 0.6 is 0 Å². The smallest absolute Gasteiger partial charge is 0.330 e. The van der Waals surface area contributed by atoms with Gasteiger partial charge in [0.25, 0.3) is 0 Å². The molecule has 6 nitrogen and oxygen atoms in total. The highest BCUT2D eigenvalue weighted by atomic mass is 16.1. The second-order valence-corrected chi connectivity index (χ2v) is 4.62. The van der Waals surface area contributed by atoms with Crippen molar-refractivity contribution in [1.29, 1.82) is 0 Å². The van der Waals surface area contributed by atoms with E-state index in [1.165, 1.54) is 0 Å². The van der Waals surface area contributed by atoms with Crippen LogP contribution in [0.1, 0.15) is 13.1 Å². The predicted octanol–water partition coefficient (Wildman–Crippen LogP) is 1.21. The molecule has 0 fully saturated rings. The van der Waals surface area contributed by atoms with Crippen LogP contribution in [0.5, 0.6) is 0 Å². The molecule has 0 aliphatic heterocycles. The first kappa shape index (κ1) is 11.7.